The second-order valence-electron chi connectivity index (χ2n) is 3.44. The van der Waals surface area contributed by atoms with E-state index in [9.17, 15) is 4.39 Å². The van der Waals surface area contributed by atoms with Gasteiger partial charge in [0.25, 0.3) is 0 Å². The molecule has 0 saturated carbocycles. The van der Waals surface area contributed by atoms with Crippen LogP contribution in [0.3, 0.4) is 0 Å². The number of nitrogens with one attached hydrogen (secondary N) is 1. The summed E-state index contributed by atoms with van der Waals surface area (Å²) in [6, 6.07) is 7.31. The highest BCUT2D eigenvalue weighted by Crippen LogP contribution is 2.18. The van der Waals surface area contributed by atoms with E-state index in [0.29, 0.717) is 0 Å². The monoisotopic (exact) mass is 236 g/mol. The molecule has 0 atom stereocenters. The number of aromatic nitrogens is 1. The lowest BCUT2D eigenvalue weighted by Gasteiger charge is -2.03. The van der Waals surface area contributed by atoms with E-state index in [1.165, 1.54) is 22.0 Å². The van der Waals surface area contributed by atoms with Gasteiger partial charge in [-0.15, -0.1) is 11.3 Å². The van der Waals surface area contributed by atoms with Crippen molar-refractivity contribution in [1.82, 2.24) is 4.98 Å². The minimum atomic E-state index is -0.449. The number of nitrogens with zero attached hydrogens (tertiary/aromatic N) is 1. The summed E-state index contributed by atoms with van der Waals surface area (Å²) in [5.74, 6) is -0.449. The van der Waals surface area contributed by atoms with Crippen LogP contribution in [0.15, 0.2) is 30.5 Å². The largest absolute Gasteiger partial charge is 0.379 e. The number of hydrogen-bond donors (Lipinski definition) is 1. The molecule has 0 spiro atoms. The number of rotatable bonds is 4. The lowest BCUT2D eigenvalue weighted by Crippen LogP contribution is -1.97. The summed E-state index contributed by atoms with van der Waals surface area (Å²) in [5, 5.41) is 3.21. The lowest BCUT2D eigenvalue weighted by molar-refractivity contribution is 0.584. The molecule has 2 heterocycles. The number of pyridine rings is 1. The Kier molecular flexibility index (Phi) is 3.51. The van der Waals surface area contributed by atoms with Crippen LogP contribution in [0.4, 0.5) is 10.1 Å². The highest BCUT2D eigenvalue weighted by Gasteiger charge is 1.99. The van der Waals surface area contributed by atoms with Gasteiger partial charge in [0.05, 0.1) is 11.9 Å². The van der Waals surface area contributed by atoms with E-state index in [2.05, 4.69) is 29.4 Å². The van der Waals surface area contributed by atoms with Gasteiger partial charge in [-0.05, 0) is 30.7 Å². The Bertz CT molecular complexity index is 450. The molecule has 16 heavy (non-hydrogen) atoms. The fourth-order valence-corrected chi connectivity index (χ4v) is 2.27. The molecule has 2 nitrogen and oxygen atoms in total. The quantitative estimate of drug-likeness (QED) is 0.822. The van der Waals surface area contributed by atoms with Crippen LogP contribution in [0.1, 0.15) is 16.7 Å². The van der Waals surface area contributed by atoms with Crippen molar-refractivity contribution >= 4 is 17.0 Å². The van der Waals surface area contributed by atoms with Crippen LogP contribution in [0.25, 0.3) is 0 Å². The highest BCUT2D eigenvalue weighted by atomic mass is 32.1. The van der Waals surface area contributed by atoms with Crippen molar-refractivity contribution in [2.75, 3.05) is 5.32 Å². The average Bonchev–Trinajstić information content (AvgIpc) is 2.76. The minimum absolute atomic E-state index is 0.449. The van der Waals surface area contributed by atoms with E-state index in [-0.39, 0.29) is 0 Å². The van der Waals surface area contributed by atoms with Crippen molar-refractivity contribution in [3.05, 3.63) is 46.2 Å². The molecule has 1 N–H and O–H groups in total. The van der Waals surface area contributed by atoms with E-state index in [1.807, 2.05) is 0 Å². The maximum absolute atomic E-state index is 12.6. The Labute approximate surface area is 98.2 Å². The van der Waals surface area contributed by atoms with E-state index in [4.69, 9.17) is 0 Å². The van der Waals surface area contributed by atoms with Crippen LogP contribution >= 0.6 is 11.3 Å². The molecular formula is C12H13FN2S. The first-order valence-electron chi connectivity index (χ1n) is 5.21. The summed E-state index contributed by atoms with van der Waals surface area (Å²) in [7, 11) is 0. The first-order valence-corrected chi connectivity index (χ1v) is 6.02. The molecule has 0 aromatic carbocycles. The third kappa shape index (κ3) is 2.79. The van der Waals surface area contributed by atoms with Crippen molar-refractivity contribution < 1.29 is 4.39 Å². The molecule has 0 saturated heterocycles. The molecule has 2 aromatic heterocycles. The summed E-state index contributed by atoms with van der Waals surface area (Å²) in [6.45, 7) is 2.91. The molecule has 84 valence electrons. The van der Waals surface area contributed by atoms with Crippen molar-refractivity contribution in [3.8, 4) is 0 Å². The zero-order valence-electron chi connectivity index (χ0n) is 9.03. The maximum atomic E-state index is 12.6. The fourth-order valence-electron chi connectivity index (χ4n) is 1.38. The molecule has 0 fully saturated rings. The normalized spacial score (nSPS) is 10.4. The molecule has 0 aliphatic rings. The van der Waals surface area contributed by atoms with Gasteiger partial charge < -0.3 is 5.32 Å². The molecule has 0 radical (unpaired) electrons. The molecular weight excluding hydrogens is 223 g/mol. The van der Waals surface area contributed by atoms with Gasteiger partial charge in [-0.1, -0.05) is 6.92 Å². The summed E-state index contributed by atoms with van der Waals surface area (Å²) < 4.78 is 12.6. The standard InChI is InChI=1S/C12H13FN2S/c1-2-10-4-5-11(16-10)8-14-9-3-6-12(13)15-7-9/h3-7,14H,2,8H2,1H3. The molecule has 0 amide bonds. The Balaban J connectivity index is 1.94. The summed E-state index contributed by atoms with van der Waals surface area (Å²) in [5.41, 5.74) is 0.841. The minimum Gasteiger partial charge on any atom is -0.379 e. The number of aryl methyl sites for hydroxylation is 1. The summed E-state index contributed by atoms with van der Waals surface area (Å²) in [6.07, 6.45) is 2.58. The van der Waals surface area contributed by atoms with E-state index >= 15 is 0 Å². The van der Waals surface area contributed by atoms with E-state index < -0.39 is 5.95 Å². The second-order valence-corrected chi connectivity index (χ2v) is 4.70. The van der Waals surface area contributed by atoms with Crippen LogP contribution in [0.2, 0.25) is 0 Å². The van der Waals surface area contributed by atoms with Crippen LogP contribution in [-0.2, 0) is 13.0 Å². The summed E-state index contributed by atoms with van der Waals surface area (Å²) in [4.78, 5) is 6.25. The first-order chi connectivity index (χ1) is 7.78. The molecule has 0 aliphatic heterocycles. The number of halogens is 1. The van der Waals surface area contributed by atoms with E-state index in [0.717, 1.165) is 18.7 Å². The average molecular weight is 236 g/mol. The SMILES string of the molecule is CCc1ccc(CNc2ccc(F)nc2)s1. The molecule has 2 rings (SSSR count). The number of anilines is 1. The number of hydrogen-bond acceptors (Lipinski definition) is 3. The summed E-state index contributed by atoms with van der Waals surface area (Å²) >= 11 is 1.80. The van der Waals surface area contributed by atoms with Gasteiger partial charge in [0.15, 0.2) is 0 Å². The Morgan fingerprint density at radius 1 is 1.25 bits per heavy atom. The second kappa shape index (κ2) is 5.07. The van der Waals surface area contributed by atoms with Crippen molar-refractivity contribution in [3.63, 3.8) is 0 Å². The third-order valence-electron chi connectivity index (χ3n) is 2.26. The van der Waals surface area contributed by atoms with Gasteiger partial charge in [-0.25, -0.2) is 4.98 Å². The molecule has 0 aliphatic carbocycles. The lowest BCUT2D eigenvalue weighted by atomic mass is 10.3. The predicted molar refractivity (Wildman–Crippen MR) is 65.2 cm³/mol. The van der Waals surface area contributed by atoms with Gasteiger partial charge in [-0.2, -0.15) is 4.39 Å². The Morgan fingerprint density at radius 3 is 2.69 bits per heavy atom. The van der Waals surface area contributed by atoms with E-state index in [1.54, 1.807) is 17.4 Å². The van der Waals surface area contributed by atoms with Gasteiger partial charge in [0, 0.05) is 16.3 Å². The maximum Gasteiger partial charge on any atom is 0.212 e. The van der Waals surface area contributed by atoms with Crippen molar-refractivity contribution in [2.45, 2.75) is 19.9 Å². The van der Waals surface area contributed by atoms with Gasteiger partial charge >= 0.3 is 0 Å². The predicted octanol–water partition coefficient (Wildman–Crippen LogP) is 3.46. The van der Waals surface area contributed by atoms with Crippen LogP contribution in [0.5, 0.6) is 0 Å². The topological polar surface area (TPSA) is 24.9 Å². The highest BCUT2D eigenvalue weighted by molar-refractivity contribution is 7.12. The number of thiophene rings is 1. The van der Waals surface area contributed by atoms with Crippen LogP contribution in [-0.4, -0.2) is 4.98 Å². The zero-order valence-corrected chi connectivity index (χ0v) is 9.85. The van der Waals surface area contributed by atoms with Gasteiger partial charge in [-0.3, -0.25) is 0 Å². The molecule has 2 aromatic rings. The molecule has 4 heteroatoms. The van der Waals surface area contributed by atoms with Gasteiger partial charge in [0.2, 0.25) is 5.95 Å². The Hall–Kier alpha value is -1.42. The zero-order chi connectivity index (χ0) is 11.4. The van der Waals surface area contributed by atoms with Gasteiger partial charge in [0.1, 0.15) is 0 Å². The molecule has 0 bridgehead atoms. The third-order valence-corrected chi connectivity index (χ3v) is 3.49. The molecule has 0 unspecified atom stereocenters. The van der Waals surface area contributed by atoms with Crippen LogP contribution in [0, 0.1) is 5.95 Å². The fraction of sp³-hybridized carbons (Fsp3) is 0.250. The van der Waals surface area contributed by atoms with Crippen LogP contribution < -0.4 is 5.32 Å². The Morgan fingerprint density at radius 2 is 2.06 bits per heavy atom. The van der Waals surface area contributed by atoms with Crippen molar-refractivity contribution in [1.29, 1.82) is 0 Å². The first kappa shape index (κ1) is 11.1. The smallest absolute Gasteiger partial charge is 0.212 e. The van der Waals surface area contributed by atoms with Crippen molar-refractivity contribution in [2.24, 2.45) is 0 Å².